The molecule has 0 spiro atoms. The molecule has 0 radical (unpaired) electrons. The molecule has 0 aromatic heterocycles. The van der Waals surface area contributed by atoms with Crippen molar-refractivity contribution in [3.8, 4) is 5.75 Å². The van der Waals surface area contributed by atoms with Crippen LogP contribution in [0.25, 0.3) is 0 Å². The molecule has 1 saturated heterocycles. The minimum Gasteiger partial charge on any atom is -0.487 e. The van der Waals surface area contributed by atoms with E-state index in [-0.39, 0.29) is 21.9 Å². The van der Waals surface area contributed by atoms with Crippen LogP contribution in [0.1, 0.15) is 20.3 Å². The zero-order valence-electron chi connectivity index (χ0n) is 11.1. The van der Waals surface area contributed by atoms with Crippen molar-refractivity contribution in [2.24, 2.45) is 11.8 Å². The van der Waals surface area contributed by atoms with Crippen LogP contribution in [0.3, 0.4) is 0 Å². The topological polar surface area (TPSA) is 21.3 Å². The van der Waals surface area contributed by atoms with Gasteiger partial charge in [-0.05, 0) is 31.0 Å². The van der Waals surface area contributed by atoms with Crippen molar-refractivity contribution in [2.75, 3.05) is 13.1 Å². The predicted molar refractivity (Wildman–Crippen MR) is 76.7 cm³/mol. The molecule has 2 atom stereocenters. The second kappa shape index (κ2) is 6.29. The molecule has 0 aliphatic carbocycles. The Labute approximate surface area is 123 Å². The molecule has 1 aliphatic rings. The summed E-state index contributed by atoms with van der Waals surface area (Å²) >= 11 is 11.6. The standard InChI is InChI=1S/C14H18Cl2FNO/c1-8(2)14(9-5-6-18-7-9)19-11-4-3-10(15)12(16)13(11)17/h3-4,8-9,14,18H,5-7H2,1-2H3/t9?,14-/m1/s1. The van der Waals surface area contributed by atoms with E-state index in [0.29, 0.717) is 11.8 Å². The minimum absolute atomic E-state index is 0.0262. The molecule has 2 nitrogen and oxygen atoms in total. The third-order valence-corrected chi connectivity index (χ3v) is 4.26. The van der Waals surface area contributed by atoms with Gasteiger partial charge >= 0.3 is 0 Å². The van der Waals surface area contributed by atoms with Crippen LogP contribution in [0.4, 0.5) is 4.39 Å². The molecule has 19 heavy (non-hydrogen) atoms. The Morgan fingerprint density at radius 1 is 1.37 bits per heavy atom. The summed E-state index contributed by atoms with van der Waals surface area (Å²) in [6.45, 7) is 6.06. The van der Waals surface area contributed by atoms with E-state index < -0.39 is 5.82 Å². The number of nitrogens with one attached hydrogen (secondary N) is 1. The van der Waals surface area contributed by atoms with Crippen molar-refractivity contribution in [2.45, 2.75) is 26.4 Å². The first-order valence-corrected chi connectivity index (χ1v) is 7.27. The van der Waals surface area contributed by atoms with Gasteiger partial charge in [0.2, 0.25) is 0 Å². The molecule has 1 unspecified atom stereocenters. The van der Waals surface area contributed by atoms with Crippen LogP contribution in [-0.4, -0.2) is 19.2 Å². The highest BCUT2D eigenvalue weighted by atomic mass is 35.5. The minimum atomic E-state index is -0.578. The maximum absolute atomic E-state index is 14.0. The molecule has 0 saturated carbocycles. The Kier molecular flexibility index (Phi) is 4.93. The lowest BCUT2D eigenvalue weighted by Gasteiger charge is -2.28. The van der Waals surface area contributed by atoms with Gasteiger partial charge < -0.3 is 10.1 Å². The summed E-state index contributed by atoms with van der Waals surface area (Å²) in [6.07, 6.45) is 1.02. The van der Waals surface area contributed by atoms with Crippen LogP contribution in [0.2, 0.25) is 10.0 Å². The largest absolute Gasteiger partial charge is 0.487 e. The monoisotopic (exact) mass is 305 g/mol. The SMILES string of the molecule is CC(C)[C@@H](Oc1ccc(Cl)c(Cl)c1F)C1CCNC1. The van der Waals surface area contributed by atoms with Crippen LogP contribution >= 0.6 is 23.2 Å². The van der Waals surface area contributed by atoms with Crippen LogP contribution in [-0.2, 0) is 0 Å². The van der Waals surface area contributed by atoms with Crippen molar-refractivity contribution in [1.82, 2.24) is 5.32 Å². The number of hydrogen-bond acceptors (Lipinski definition) is 2. The molecule has 1 aromatic carbocycles. The smallest absolute Gasteiger partial charge is 0.185 e. The van der Waals surface area contributed by atoms with E-state index >= 15 is 0 Å². The van der Waals surface area contributed by atoms with Gasteiger partial charge in [0, 0.05) is 12.5 Å². The predicted octanol–water partition coefficient (Wildman–Crippen LogP) is 4.15. The molecule has 1 aromatic rings. The van der Waals surface area contributed by atoms with Gasteiger partial charge in [-0.25, -0.2) is 4.39 Å². The summed E-state index contributed by atoms with van der Waals surface area (Å²) in [7, 11) is 0. The first-order valence-electron chi connectivity index (χ1n) is 6.51. The molecule has 1 fully saturated rings. The van der Waals surface area contributed by atoms with Crippen molar-refractivity contribution in [1.29, 1.82) is 0 Å². The Hall–Kier alpha value is -0.510. The normalized spacial score (nSPS) is 20.8. The lowest BCUT2D eigenvalue weighted by molar-refractivity contribution is 0.0928. The maximum Gasteiger partial charge on any atom is 0.185 e. The fourth-order valence-electron chi connectivity index (χ4n) is 2.48. The highest BCUT2D eigenvalue weighted by molar-refractivity contribution is 6.42. The van der Waals surface area contributed by atoms with Gasteiger partial charge in [0.25, 0.3) is 0 Å². The van der Waals surface area contributed by atoms with Gasteiger partial charge in [-0.2, -0.15) is 0 Å². The molecular weight excluding hydrogens is 288 g/mol. The molecule has 1 N–H and O–H groups in total. The third-order valence-electron chi connectivity index (χ3n) is 3.48. The number of ether oxygens (including phenoxy) is 1. The average molecular weight is 306 g/mol. The molecule has 1 heterocycles. The maximum atomic E-state index is 14.0. The Balaban J connectivity index is 2.19. The Morgan fingerprint density at radius 3 is 2.68 bits per heavy atom. The fourth-order valence-corrected chi connectivity index (χ4v) is 2.78. The molecule has 5 heteroatoms. The van der Waals surface area contributed by atoms with Crippen molar-refractivity contribution in [3.05, 3.63) is 28.0 Å². The van der Waals surface area contributed by atoms with Gasteiger partial charge in [-0.3, -0.25) is 0 Å². The molecule has 1 aliphatic heterocycles. The van der Waals surface area contributed by atoms with Gasteiger partial charge in [0.05, 0.1) is 10.0 Å². The van der Waals surface area contributed by atoms with Crippen LogP contribution in [0.15, 0.2) is 12.1 Å². The molecular formula is C14H18Cl2FNO. The summed E-state index contributed by atoms with van der Waals surface area (Å²) in [5.41, 5.74) is 0. The highest BCUT2D eigenvalue weighted by Gasteiger charge is 2.30. The highest BCUT2D eigenvalue weighted by Crippen LogP contribution is 2.33. The molecule has 106 valence electrons. The van der Waals surface area contributed by atoms with Crippen LogP contribution in [0, 0.1) is 17.7 Å². The quantitative estimate of drug-likeness (QED) is 0.844. The van der Waals surface area contributed by atoms with E-state index in [1.807, 2.05) is 0 Å². The zero-order chi connectivity index (χ0) is 14.0. The van der Waals surface area contributed by atoms with E-state index in [9.17, 15) is 4.39 Å². The second-order valence-electron chi connectivity index (χ2n) is 5.25. The van der Waals surface area contributed by atoms with Crippen molar-refractivity contribution in [3.63, 3.8) is 0 Å². The van der Waals surface area contributed by atoms with E-state index in [0.717, 1.165) is 19.5 Å². The summed E-state index contributed by atoms with van der Waals surface area (Å²) < 4.78 is 19.9. The van der Waals surface area contributed by atoms with Gasteiger partial charge in [0.15, 0.2) is 11.6 Å². The fraction of sp³-hybridized carbons (Fsp3) is 0.571. The first-order chi connectivity index (χ1) is 9.00. The van der Waals surface area contributed by atoms with Crippen molar-refractivity contribution < 1.29 is 9.13 Å². The summed E-state index contributed by atoms with van der Waals surface area (Å²) in [6, 6.07) is 3.11. The van der Waals surface area contributed by atoms with Crippen LogP contribution in [0.5, 0.6) is 5.75 Å². The van der Waals surface area contributed by atoms with E-state index in [2.05, 4.69) is 19.2 Å². The van der Waals surface area contributed by atoms with Crippen LogP contribution < -0.4 is 10.1 Å². The lowest BCUT2D eigenvalue weighted by atomic mass is 9.92. The summed E-state index contributed by atoms with van der Waals surface area (Å²) in [4.78, 5) is 0. The Morgan fingerprint density at radius 2 is 2.11 bits per heavy atom. The average Bonchev–Trinajstić information content (AvgIpc) is 2.88. The number of halogens is 3. The number of benzene rings is 1. The second-order valence-corrected chi connectivity index (χ2v) is 6.04. The lowest BCUT2D eigenvalue weighted by Crippen LogP contribution is -2.33. The summed E-state index contributed by atoms with van der Waals surface area (Å²) in [5.74, 6) is 0.304. The van der Waals surface area contributed by atoms with E-state index in [4.69, 9.17) is 27.9 Å². The summed E-state index contributed by atoms with van der Waals surface area (Å²) in [5, 5.41) is 3.43. The van der Waals surface area contributed by atoms with Gasteiger partial charge in [0.1, 0.15) is 6.10 Å². The zero-order valence-corrected chi connectivity index (χ0v) is 12.6. The van der Waals surface area contributed by atoms with Gasteiger partial charge in [-0.1, -0.05) is 37.0 Å². The van der Waals surface area contributed by atoms with Gasteiger partial charge in [-0.15, -0.1) is 0 Å². The van der Waals surface area contributed by atoms with Crippen molar-refractivity contribution >= 4 is 23.2 Å². The third kappa shape index (κ3) is 3.33. The molecule has 2 rings (SSSR count). The van der Waals surface area contributed by atoms with E-state index in [1.54, 1.807) is 12.1 Å². The first kappa shape index (κ1) is 14.9. The van der Waals surface area contributed by atoms with E-state index in [1.165, 1.54) is 0 Å². The Bertz CT molecular complexity index is 447. The number of rotatable bonds is 4. The molecule has 0 amide bonds. The number of hydrogen-bond donors (Lipinski definition) is 1. The molecule has 0 bridgehead atoms.